The predicted molar refractivity (Wildman–Crippen MR) is 115 cm³/mol. The number of allylic oxidation sites excluding steroid dienone is 4. The molecule has 0 heterocycles. The van der Waals surface area contributed by atoms with Gasteiger partial charge in [-0.05, 0) is 37.8 Å². The lowest BCUT2D eigenvalue weighted by atomic mass is 9.71. The van der Waals surface area contributed by atoms with E-state index < -0.39 is 10.8 Å². The van der Waals surface area contributed by atoms with E-state index in [9.17, 15) is 19.2 Å². The van der Waals surface area contributed by atoms with Crippen molar-refractivity contribution < 1.29 is 19.2 Å². The first-order chi connectivity index (χ1) is 13.0. The summed E-state index contributed by atoms with van der Waals surface area (Å²) in [4.78, 5) is 52.6. The second kappa shape index (κ2) is 8.82. The van der Waals surface area contributed by atoms with Crippen molar-refractivity contribution in [3.8, 4) is 0 Å². The standard InChI is InChI=1S/C22H33ClN2O4/c1-13-14(2)19(28)17(15(3)18(13)27)22(6,7)10-16(26)24(8)11-21(4,5)12-25(9)20(23)29/h10-12H2,1-9H3. The summed E-state index contributed by atoms with van der Waals surface area (Å²) in [6.07, 6.45) is 0.0991. The Morgan fingerprint density at radius 2 is 1.28 bits per heavy atom. The smallest absolute Gasteiger partial charge is 0.316 e. The van der Waals surface area contributed by atoms with Crippen molar-refractivity contribution in [2.24, 2.45) is 10.8 Å². The van der Waals surface area contributed by atoms with Crippen molar-refractivity contribution in [1.82, 2.24) is 9.80 Å². The van der Waals surface area contributed by atoms with Crippen LogP contribution in [0.3, 0.4) is 0 Å². The molecule has 0 N–H and O–H groups in total. The van der Waals surface area contributed by atoms with Gasteiger partial charge in [-0.25, -0.2) is 0 Å². The minimum absolute atomic E-state index is 0.0991. The van der Waals surface area contributed by atoms with E-state index in [1.807, 2.05) is 27.7 Å². The number of halogens is 1. The van der Waals surface area contributed by atoms with Crippen LogP contribution in [-0.4, -0.2) is 59.8 Å². The van der Waals surface area contributed by atoms with Gasteiger partial charge in [-0.1, -0.05) is 27.7 Å². The molecule has 2 amide bonds. The van der Waals surface area contributed by atoms with Crippen LogP contribution in [0.15, 0.2) is 22.3 Å². The lowest BCUT2D eigenvalue weighted by molar-refractivity contribution is -0.133. The maximum Gasteiger partial charge on any atom is 0.316 e. The van der Waals surface area contributed by atoms with E-state index in [4.69, 9.17) is 11.6 Å². The van der Waals surface area contributed by atoms with Gasteiger partial charge in [0, 0.05) is 61.3 Å². The minimum Gasteiger partial charge on any atom is -0.345 e. The maximum atomic E-state index is 12.9. The van der Waals surface area contributed by atoms with Gasteiger partial charge in [0.05, 0.1) is 0 Å². The average molecular weight is 425 g/mol. The van der Waals surface area contributed by atoms with Crippen molar-refractivity contribution in [3.63, 3.8) is 0 Å². The third-order valence-corrected chi connectivity index (χ3v) is 5.80. The van der Waals surface area contributed by atoms with Gasteiger partial charge in [0.25, 0.3) is 0 Å². The highest BCUT2D eigenvalue weighted by molar-refractivity contribution is 6.62. The largest absolute Gasteiger partial charge is 0.345 e. The summed E-state index contributed by atoms with van der Waals surface area (Å²) in [5.74, 6) is -0.434. The molecule has 0 unspecified atom stereocenters. The Morgan fingerprint density at radius 3 is 1.76 bits per heavy atom. The molecule has 1 aliphatic rings. The van der Waals surface area contributed by atoms with Gasteiger partial charge in [-0.3, -0.25) is 19.2 Å². The fourth-order valence-corrected chi connectivity index (χ4v) is 4.05. The summed E-state index contributed by atoms with van der Waals surface area (Å²) in [7, 11) is 3.31. The molecular formula is C22H33ClN2O4. The van der Waals surface area contributed by atoms with E-state index in [0.717, 1.165) is 0 Å². The van der Waals surface area contributed by atoms with Gasteiger partial charge in [-0.15, -0.1) is 0 Å². The fourth-order valence-electron chi connectivity index (χ4n) is 3.99. The van der Waals surface area contributed by atoms with Gasteiger partial charge in [-0.2, -0.15) is 0 Å². The van der Waals surface area contributed by atoms with Crippen LogP contribution < -0.4 is 0 Å². The van der Waals surface area contributed by atoms with E-state index in [0.29, 0.717) is 35.4 Å². The second-order valence-corrected chi connectivity index (χ2v) is 9.82. The Bertz CT molecular complexity index is 806. The van der Waals surface area contributed by atoms with Gasteiger partial charge in [0.1, 0.15) is 0 Å². The molecule has 0 aliphatic heterocycles. The van der Waals surface area contributed by atoms with E-state index in [1.165, 1.54) is 4.90 Å². The number of carbonyl (C=O) groups is 4. The summed E-state index contributed by atoms with van der Waals surface area (Å²) in [5.41, 5.74) is 0.600. The van der Waals surface area contributed by atoms with Crippen molar-refractivity contribution in [1.29, 1.82) is 0 Å². The first kappa shape index (κ1) is 25.1. The first-order valence-electron chi connectivity index (χ1n) is 9.64. The molecule has 1 aliphatic carbocycles. The minimum atomic E-state index is -0.781. The van der Waals surface area contributed by atoms with Crippen LogP contribution in [0.2, 0.25) is 0 Å². The molecule has 0 fully saturated rings. The highest BCUT2D eigenvalue weighted by Crippen LogP contribution is 2.39. The average Bonchev–Trinajstić information content (AvgIpc) is 2.56. The molecule has 1 rings (SSSR count). The zero-order valence-corrected chi connectivity index (χ0v) is 19.8. The molecule has 0 bridgehead atoms. The zero-order chi connectivity index (χ0) is 22.9. The number of rotatable bonds is 7. The van der Waals surface area contributed by atoms with Crippen molar-refractivity contribution in [2.75, 3.05) is 27.2 Å². The predicted octanol–water partition coefficient (Wildman–Crippen LogP) is 3.98. The number of amides is 2. The Labute approximate surface area is 178 Å². The third kappa shape index (κ3) is 5.78. The lowest BCUT2D eigenvalue weighted by Crippen LogP contribution is -2.44. The molecule has 0 spiro atoms. The molecule has 0 aromatic heterocycles. The summed E-state index contributed by atoms with van der Waals surface area (Å²) in [6.45, 7) is 13.3. The van der Waals surface area contributed by atoms with Gasteiger partial charge in [0.15, 0.2) is 11.6 Å². The van der Waals surface area contributed by atoms with E-state index >= 15 is 0 Å². The molecule has 0 saturated carbocycles. The van der Waals surface area contributed by atoms with Crippen LogP contribution in [0, 0.1) is 10.8 Å². The van der Waals surface area contributed by atoms with Crippen molar-refractivity contribution in [3.05, 3.63) is 22.3 Å². The summed E-state index contributed by atoms with van der Waals surface area (Å²) < 4.78 is 0. The van der Waals surface area contributed by atoms with Crippen LogP contribution in [0.5, 0.6) is 0 Å². The van der Waals surface area contributed by atoms with E-state index in [1.54, 1.807) is 39.8 Å². The summed E-state index contributed by atoms with van der Waals surface area (Å²) in [5, 5.41) is -0.546. The highest BCUT2D eigenvalue weighted by Gasteiger charge is 2.39. The fraction of sp³-hybridized carbons (Fsp3) is 0.636. The zero-order valence-electron chi connectivity index (χ0n) is 19.0. The van der Waals surface area contributed by atoms with Crippen LogP contribution in [0.25, 0.3) is 0 Å². The third-order valence-electron chi connectivity index (χ3n) is 5.51. The summed E-state index contributed by atoms with van der Waals surface area (Å²) in [6, 6.07) is 0. The second-order valence-electron chi connectivity index (χ2n) is 9.49. The monoisotopic (exact) mass is 424 g/mol. The molecule has 0 aromatic carbocycles. The molecule has 0 aromatic rings. The molecule has 0 atom stereocenters. The number of hydrogen-bond acceptors (Lipinski definition) is 4. The Morgan fingerprint density at radius 1 is 0.828 bits per heavy atom. The van der Waals surface area contributed by atoms with Gasteiger partial charge < -0.3 is 9.80 Å². The maximum absolute atomic E-state index is 12.9. The Hall–Kier alpha value is -1.95. The van der Waals surface area contributed by atoms with E-state index in [2.05, 4.69) is 0 Å². The molecule has 29 heavy (non-hydrogen) atoms. The number of hydrogen-bond donors (Lipinski definition) is 0. The molecule has 7 heteroatoms. The highest BCUT2D eigenvalue weighted by atomic mass is 35.5. The number of Topliss-reactive ketones (excluding diaryl/α,β-unsaturated/α-hetero) is 2. The van der Waals surface area contributed by atoms with Crippen molar-refractivity contribution >= 4 is 34.4 Å². The van der Waals surface area contributed by atoms with Crippen molar-refractivity contribution in [2.45, 2.75) is 54.9 Å². The lowest BCUT2D eigenvalue weighted by Gasteiger charge is -2.36. The number of carbonyl (C=O) groups excluding carboxylic acids is 4. The molecule has 0 radical (unpaired) electrons. The van der Waals surface area contributed by atoms with Crippen LogP contribution in [-0.2, 0) is 14.4 Å². The van der Waals surface area contributed by atoms with Gasteiger partial charge in [0.2, 0.25) is 5.91 Å². The number of nitrogens with zero attached hydrogens (tertiary/aromatic N) is 2. The molecule has 0 saturated heterocycles. The molecule has 162 valence electrons. The molecular weight excluding hydrogens is 392 g/mol. The van der Waals surface area contributed by atoms with E-state index in [-0.39, 0.29) is 29.3 Å². The Balaban J connectivity index is 2.99. The van der Waals surface area contributed by atoms with Crippen LogP contribution in [0.4, 0.5) is 4.79 Å². The topological polar surface area (TPSA) is 74.8 Å². The number of ketones is 2. The van der Waals surface area contributed by atoms with Gasteiger partial charge >= 0.3 is 5.37 Å². The molecule has 6 nitrogen and oxygen atoms in total. The quantitative estimate of drug-likeness (QED) is 0.352. The first-order valence-corrected chi connectivity index (χ1v) is 10.0. The van der Waals surface area contributed by atoms with Crippen LogP contribution in [0.1, 0.15) is 54.9 Å². The van der Waals surface area contributed by atoms with Crippen LogP contribution >= 0.6 is 11.6 Å². The summed E-state index contributed by atoms with van der Waals surface area (Å²) >= 11 is 5.51. The normalized spacial score (nSPS) is 15.8. The Kier molecular flexibility index (Phi) is 7.63. The SMILES string of the molecule is CC1=C(C)C(=O)C(C(C)(C)CC(=O)N(C)CC(C)(C)CN(C)C(=O)Cl)=C(C)C1=O.